The number of benzene rings is 1. The third-order valence-corrected chi connectivity index (χ3v) is 3.68. The summed E-state index contributed by atoms with van der Waals surface area (Å²) in [6.45, 7) is 1.70. The van der Waals surface area contributed by atoms with E-state index in [4.69, 9.17) is 11.6 Å². The molecule has 8 heteroatoms. The highest BCUT2D eigenvalue weighted by Gasteiger charge is 2.15. The smallest absolute Gasteiger partial charge is 0.279 e. The van der Waals surface area contributed by atoms with Gasteiger partial charge in [-0.3, -0.25) is 10.1 Å². The van der Waals surface area contributed by atoms with Gasteiger partial charge in [-0.05, 0) is 25.1 Å². The van der Waals surface area contributed by atoms with Gasteiger partial charge in [-0.1, -0.05) is 22.9 Å². The van der Waals surface area contributed by atoms with Gasteiger partial charge in [0.15, 0.2) is 10.8 Å². The van der Waals surface area contributed by atoms with Gasteiger partial charge in [0.05, 0.1) is 15.9 Å². The van der Waals surface area contributed by atoms with Crippen molar-refractivity contribution in [3.63, 3.8) is 0 Å². The van der Waals surface area contributed by atoms with Crippen LogP contribution in [0, 0.1) is 6.92 Å². The van der Waals surface area contributed by atoms with Crippen LogP contribution >= 0.6 is 22.9 Å². The van der Waals surface area contributed by atoms with E-state index >= 15 is 0 Å². The molecule has 0 saturated carbocycles. The number of H-pyrrole nitrogens is 1. The van der Waals surface area contributed by atoms with Gasteiger partial charge in [0.25, 0.3) is 5.91 Å². The van der Waals surface area contributed by atoms with Crippen molar-refractivity contribution in [1.29, 1.82) is 0 Å². The normalized spacial score (nSPS) is 10.8. The minimum Gasteiger partial charge on any atom is -0.296 e. The SMILES string of the molecule is Cc1n[nH]nc1C(=O)Nc1nc2ccc(Cl)cc2s1. The average Bonchev–Trinajstić information content (AvgIpc) is 2.94. The largest absolute Gasteiger partial charge is 0.296 e. The summed E-state index contributed by atoms with van der Waals surface area (Å²) < 4.78 is 0.916. The number of nitrogens with one attached hydrogen (secondary N) is 2. The van der Waals surface area contributed by atoms with Crippen LogP contribution in [0.15, 0.2) is 18.2 Å². The second-order valence-electron chi connectivity index (χ2n) is 3.84. The average molecular weight is 294 g/mol. The summed E-state index contributed by atoms with van der Waals surface area (Å²) in [4.78, 5) is 16.2. The number of anilines is 1. The second-order valence-corrected chi connectivity index (χ2v) is 5.31. The van der Waals surface area contributed by atoms with Gasteiger partial charge in [-0.2, -0.15) is 15.4 Å². The number of thiazole rings is 1. The molecule has 2 heterocycles. The number of nitrogens with zero attached hydrogens (tertiary/aromatic N) is 3. The number of aromatic nitrogens is 4. The molecule has 0 bridgehead atoms. The van der Waals surface area contributed by atoms with Crippen molar-refractivity contribution in [2.24, 2.45) is 0 Å². The highest BCUT2D eigenvalue weighted by atomic mass is 35.5. The molecule has 6 nitrogen and oxygen atoms in total. The summed E-state index contributed by atoms with van der Waals surface area (Å²) in [5, 5.41) is 13.8. The molecule has 0 radical (unpaired) electrons. The van der Waals surface area contributed by atoms with E-state index in [0.717, 1.165) is 10.2 Å². The topological polar surface area (TPSA) is 83.6 Å². The third kappa shape index (κ3) is 2.29. The molecule has 0 aliphatic rings. The van der Waals surface area contributed by atoms with Gasteiger partial charge in [-0.15, -0.1) is 0 Å². The number of fused-ring (bicyclic) bond motifs is 1. The Morgan fingerprint density at radius 3 is 3.00 bits per heavy atom. The number of hydrogen-bond donors (Lipinski definition) is 2. The van der Waals surface area contributed by atoms with Crippen LogP contribution in [0.5, 0.6) is 0 Å². The van der Waals surface area contributed by atoms with E-state index in [-0.39, 0.29) is 11.6 Å². The molecule has 0 spiro atoms. The van der Waals surface area contributed by atoms with E-state index in [1.807, 2.05) is 12.1 Å². The van der Waals surface area contributed by atoms with Gasteiger partial charge in [-0.25, -0.2) is 4.98 Å². The quantitative estimate of drug-likeness (QED) is 0.761. The van der Waals surface area contributed by atoms with Gasteiger partial charge < -0.3 is 0 Å². The Morgan fingerprint density at radius 2 is 2.26 bits per heavy atom. The van der Waals surface area contributed by atoms with Crippen LogP contribution in [0.2, 0.25) is 5.02 Å². The molecule has 3 aromatic rings. The van der Waals surface area contributed by atoms with Crippen molar-refractivity contribution >= 4 is 44.2 Å². The van der Waals surface area contributed by atoms with Crippen LogP contribution < -0.4 is 5.32 Å². The lowest BCUT2D eigenvalue weighted by molar-refractivity contribution is 0.102. The van der Waals surface area contributed by atoms with Crippen LogP contribution in [0.25, 0.3) is 10.2 Å². The lowest BCUT2D eigenvalue weighted by Gasteiger charge is -1.97. The van der Waals surface area contributed by atoms with E-state index in [1.165, 1.54) is 11.3 Å². The molecule has 2 N–H and O–H groups in total. The molecule has 96 valence electrons. The molecule has 0 atom stereocenters. The van der Waals surface area contributed by atoms with Crippen molar-refractivity contribution < 1.29 is 4.79 Å². The minimum absolute atomic E-state index is 0.261. The van der Waals surface area contributed by atoms with Crippen molar-refractivity contribution in [2.75, 3.05) is 5.32 Å². The lowest BCUT2D eigenvalue weighted by Crippen LogP contribution is -2.13. The van der Waals surface area contributed by atoms with Crippen LogP contribution in [-0.2, 0) is 0 Å². The van der Waals surface area contributed by atoms with Crippen molar-refractivity contribution in [3.05, 3.63) is 34.6 Å². The molecule has 1 aromatic carbocycles. The Bertz CT molecular complexity index is 765. The molecule has 19 heavy (non-hydrogen) atoms. The minimum atomic E-state index is -0.337. The number of halogens is 1. The van der Waals surface area contributed by atoms with Crippen LogP contribution in [-0.4, -0.2) is 26.3 Å². The summed E-state index contributed by atoms with van der Waals surface area (Å²) in [5.74, 6) is -0.337. The fourth-order valence-corrected chi connectivity index (χ4v) is 2.74. The monoisotopic (exact) mass is 293 g/mol. The van der Waals surface area contributed by atoms with Gasteiger partial charge in [0, 0.05) is 5.02 Å². The first-order valence-electron chi connectivity index (χ1n) is 5.38. The summed E-state index contributed by atoms with van der Waals surface area (Å²) in [5.41, 5.74) is 1.60. The maximum absolute atomic E-state index is 11.9. The zero-order valence-electron chi connectivity index (χ0n) is 9.77. The summed E-state index contributed by atoms with van der Waals surface area (Å²) >= 11 is 7.26. The van der Waals surface area contributed by atoms with E-state index in [2.05, 4.69) is 25.7 Å². The standard InChI is InChI=1S/C11H8ClN5OS/c1-5-9(16-17-15-5)10(18)14-11-13-7-3-2-6(12)4-8(7)19-11/h2-4H,1H3,(H,13,14,18)(H,15,16,17). The molecule has 1 amide bonds. The molecule has 2 aromatic heterocycles. The lowest BCUT2D eigenvalue weighted by atomic mass is 10.3. The van der Waals surface area contributed by atoms with Crippen LogP contribution in [0.4, 0.5) is 5.13 Å². The Morgan fingerprint density at radius 1 is 1.42 bits per heavy atom. The van der Waals surface area contributed by atoms with Gasteiger partial charge in [0.2, 0.25) is 0 Å². The van der Waals surface area contributed by atoms with E-state index in [0.29, 0.717) is 15.8 Å². The fraction of sp³-hybridized carbons (Fsp3) is 0.0909. The molecular formula is C11H8ClN5OS. The second kappa shape index (κ2) is 4.60. The van der Waals surface area contributed by atoms with E-state index < -0.39 is 0 Å². The van der Waals surface area contributed by atoms with Crippen molar-refractivity contribution in [2.45, 2.75) is 6.92 Å². The summed E-state index contributed by atoms with van der Waals surface area (Å²) in [6, 6.07) is 5.38. The highest BCUT2D eigenvalue weighted by molar-refractivity contribution is 7.22. The zero-order valence-corrected chi connectivity index (χ0v) is 11.3. The molecule has 0 aliphatic carbocycles. The van der Waals surface area contributed by atoms with Gasteiger partial charge >= 0.3 is 0 Å². The maximum atomic E-state index is 11.9. The summed E-state index contributed by atoms with van der Waals surface area (Å²) in [7, 11) is 0. The zero-order chi connectivity index (χ0) is 13.4. The molecule has 3 rings (SSSR count). The number of carbonyl (C=O) groups is 1. The number of aromatic amines is 1. The molecule has 0 saturated heterocycles. The van der Waals surface area contributed by atoms with E-state index in [9.17, 15) is 4.79 Å². The Labute approximate surface area is 116 Å². The first-order chi connectivity index (χ1) is 9.13. The van der Waals surface area contributed by atoms with Crippen molar-refractivity contribution in [3.8, 4) is 0 Å². The maximum Gasteiger partial charge on any atom is 0.279 e. The number of amides is 1. The summed E-state index contributed by atoms with van der Waals surface area (Å²) in [6.07, 6.45) is 0. The number of hydrogen-bond acceptors (Lipinski definition) is 5. The van der Waals surface area contributed by atoms with Crippen molar-refractivity contribution in [1.82, 2.24) is 20.4 Å². The van der Waals surface area contributed by atoms with Crippen LogP contribution in [0.1, 0.15) is 16.2 Å². The fourth-order valence-electron chi connectivity index (χ4n) is 1.61. The van der Waals surface area contributed by atoms with E-state index in [1.54, 1.807) is 13.0 Å². The molecule has 0 unspecified atom stereocenters. The predicted octanol–water partition coefficient (Wildman–Crippen LogP) is 2.63. The first-order valence-corrected chi connectivity index (χ1v) is 6.58. The predicted molar refractivity (Wildman–Crippen MR) is 73.7 cm³/mol. The Balaban J connectivity index is 1.89. The number of carbonyl (C=O) groups excluding carboxylic acids is 1. The molecule has 0 fully saturated rings. The highest BCUT2D eigenvalue weighted by Crippen LogP contribution is 2.28. The number of rotatable bonds is 2. The first kappa shape index (κ1) is 12.1. The Kier molecular flexibility index (Phi) is 2.92. The molecule has 0 aliphatic heterocycles. The Hall–Kier alpha value is -1.99. The van der Waals surface area contributed by atoms with Gasteiger partial charge in [0.1, 0.15) is 0 Å². The third-order valence-electron chi connectivity index (χ3n) is 2.51. The number of aryl methyl sites for hydroxylation is 1. The van der Waals surface area contributed by atoms with Crippen LogP contribution in [0.3, 0.4) is 0 Å². The molecular weight excluding hydrogens is 286 g/mol.